The molecule has 3 fully saturated rings. The average Bonchev–Trinajstić information content (AvgIpc) is 3.53. The summed E-state index contributed by atoms with van der Waals surface area (Å²) in [6, 6.07) is 7.53. The van der Waals surface area contributed by atoms with E-state index in [1.54, 1.807) is 17.1 Å². The molecule has 182 valence electrons. The largest absolute Gasteiger partial charge is 0.381 e. The number of rotatable bonds is 8. The molecular formula is C26H34N4O4. The van der Waals surface area contributed by atoms with Crippen molar-refractivity contribution in [2.75, 3.05) is 38.2 Å². The van der Waals surface area contributed by atoms with E-state index < -0.39 is 0 Å². The van der Waals surface area contributed by atoms with Crippen molar-refractivity contribution in [3.05, 3.63) is 42.2 Å². The summed E-state index contributed by atoms with van der Waals surface area (Å²) in [5.74, 6) is 0.684. The predicted octanol–water partition coefficient (Wildman–Crippen LogP) is 3.66. The molecule has 1 aromatic carbocycles. The molecule has 1 saturated carbocycles. The number of amides is 2. The van der Waals surface area contributed by atoms with Gasteiger partial charge in [0.2, 0.25) is 5.91 Å². The third kappa shape index (κ3) is 5.50. The third-order valence-electron chi connectivity index (χ3n) is 7.26. The van der Waals surface area contributed by atoms with Crippen molar-refractivity contribution in [2.45, 2.75) is 51.0 Å². The molecule has 8 nitrogen and oxygen atoms in total. The standard InChI is InChI=1S/C26H34N4O4/c31-25(20-10-13-33-14-11-20)28-22-15-27-30(17-22)23-8-6-21(7-9-23)26(32)29(16-19-3-1-4-19)18-24-5-2-12-34-24/h6-9,15,17,19-20,24H,1-5,10-14,16,18H2,(H,28,31). The first kappa shape index (κ1) is 23.1. The molecule has 2 aromatic rings. The minimum atomic E-state index is -0.0140. The highest BCUT2D eigenvalue weighted by molar-refractivity contribution is 5.94. The Kier molecular flexibility index (Phi) is 7.25. The lowest BCUT2D eigenvalue weighted by atomic mass is 9.85. The number of hydrogen-bond acceptors (Lipinski definition) is 5. The zero-order valence-corrected chi connectivity index (χ0v) is 19.7. The van der Waals surface area contributed by atoms with Gasteiger partial charge in [-0.3, -0.25) is 9.59 Å². The fourth-order valence-corrected chi connectivity index (χ4v) is 4.93. The van der Waals surface area contributed by atoms with E-state index in [1.165, 1.54) is 19.3 Å². The first-order valence-electron chi connectivity index (χ1n) is 12.6. The number of anilines is 1. The number of carbonyl (C=O) groups is 2. The number of nitrogens with zero attached hydrogens (tertiary/aromatic N) is 3. The van der Waals surface area contributed by atoms with E-state index in [0.29, 0.717) is 36.9 Å². The molecule has 1 aliphatic carbocycles. The Bertz CT molecular complexity index is 973. The second-order valence-electron chi connectivity index (χ2n) is 9.74. The highest BCUT2D eigenvalue weighted by Crippen LogP contribution is 2.28. The van der Waals surface area contributed by atoms with E-state index in [-0.39, 0.29) is 23.8 Å². The van der Waals surface area contributed by atoms with E-state index in [2.05, 4.69) is 10.4 Å². The number of aromatic nitrogens is 2. The zero-order valence-electron chi connectivity index (χ0n) is 19.7. The van der Waals surface area contributed by atoms with E-state index in [4.69, 9.17) is 9.47 Å². The van der Waals surface area contributed by atoms with Gasteiger partial charge in [0.25, 0.3) is 5.91 Å². The number of carbonyl (C=O) groups excluding carboxylic acids is 2. The molecule has 2 aliphatic heterocycles. The van der Waals surface area contributed by atoms with Gasteiger partial charge in [0.1, 0.15) is 0 Å². The van der Waals surface area contributed by atoms with Crippen LogP contribution in [0.1, 0.15) is 55.3 Å². The van der Waals surface area contributed by atoms with E-state index in [9.17, 15) is 9.59 Å². The summed E-state index contributed by atoms with van der Waals surface area (Å²) in [6.45, 7) is 3.55. The Balaban J connectivity index is 1.22. The summed E-state index contributed by atoms with van der Waals surface area (Å²) in [6.07, 6.45) is 10.9. The highest BCUT2D eigenvalue weighted by atomic mass is 16.5. The summed E-state index contributed by atoms with van der Waals surface area (Å²) in [5, 5.41) is 7.35. The maximum atomic E-state index is 13.3. The second-order valence-corrected chi connectivity index (χ2v) is 9.74. The molecule has 1 unspecified atom stereocenters. The summed E-state index contributed by atoms with van der Waals surface area (Å²) in [5.41, 5.74) is 2.19. The fraction of sp³-hybridized carbons (Fsp3) is 0.577. The van der Waals surface area contributed by atoms with Gasteiger partial charge >= 0.3 is 0 Å². The van der Waals surface area contributed by atoms with Crippen LogP contribution in [0.2, 0.25) is 0 Å². The van der Waals surface area contributed by atoms with Crippen LogP contribution in [0.5, 0.6) is 0 Å². The van der Waals surface area contributed by atoms with Crippen molar-refractivity contribution >= 4 is 17.5 Å². The summed E-state index contributed by atoms with van der Waals surface area (Å²) >= 11 is 0. The van der Waals surface area contributed by atoms with Crippen LogP contribution in [0.4, 0.5) is 5.69 Å². The molecule has 0 radical (unpaired) electrons. The van der Waals surface area contributed by atoms with Gasteiger partial charge < -0.3 is 19.7 Å². The lowest BCUT2D eigenvalue weighted by Crippen LogP contribution is -2.41. The van der Waals surface area contributed by atoms with Crippen LogP contribution in [-0.2, 0) is 14.3 Å². The van der Waals surface area contributed by atoms with Crippen LogP contribution in [-0.4, -0.2) is 65.5 Å². The Labute approximate surface area is 200 Å². The number of benzene rings is 1. The minimum Gasteiger partial charge on any atom is -0.381 e. The van der Waals surface area contributed by atoms with Crippen molar-refractivity contribution in [3.63, 3.8) is 0 Å². The van der Waals surface area contributed by atoms with Crippen molar-refractivity contribution in [1.82, 2.24) is 14.7 Å². The molecule has 0 bridgehead atoms. The molecule has 2 saturated heterocycles. The normalized spacial score (nSPS) is 21.2. The van der Waals surface area contributed by atoms with Gasteiger partial charge in [-0.1, -0.05) is 6.42 Å². The summed E-state index contributed by atoms with van der Waals surface area (Å²) < 4.78 is 12.9. The molecule has 2 amide bonds. The van der Waals surface area contributed by atoms with Crippen LogP contribution in [0, 0.1) is 11.8 Å². The van der Waals surface area contributed by atoms with Gasteiger partial charge in [0, 0.05) is 44.4 Å². The molecule has 3 heterocycles. The lowest BCUT2D eigenvalue weighted by molar-refractivity contribution is -0.122. The van der Waals surface area contributed by atoms with E-state index >= 15 is 0 Å². The van der Waals surface area contributed by atoms with Crippen molar-refractivity contribution in [3.8, 4) is 5.69 Å². The van der Waals surface area contributed by atoms with Crippen LogP contribution < -0.4 is 5.32 Å². The van der Waals surface area contributed by atoms with Crippen molar-refractivity contribution in [1.29, 1.82) is 0 Å². The van der Waals surface area contributed by atoms with Gasteiger partial charge in [-0.25, -0.2) is 4.68 Å². The van der Waals surface area contributed by atoms with Crippen molar-refractivity contribution < 1.29 is 19.1 Å². The second kappa shape index (κ2) is 10.7. The quantitative estimate of drug-likeness (QED) is 0.642. The first-order valence-corrected chi connectivity index (χ1v) is 12.6. The smallest absolute Gasteiger partial charge is 0.253 e. The summed E-state index contributed by atoms with van der Waals surface area (Å²) in [7, 11) is 0. The molecule has 1 N–H and O–H groups in total. The van der Waals surface area contributed by atoms with Crippen LogP contribution in [0.3, 0.4) is 0 Å². The maximum Gasteiger partial charge on any atom is 0.253 e. The SMILES string of the molecule is O=C(Nc1cnn(-c2ccc(C(=O)N(CC3CCC3)CC3CCCO3)cc2)c1)C1CCOCC1. The van der Waals surface area contributed by atoms with Crippen LogP contribution in [0.15, 0.2) is 36.7 Å². The third-order valence-corrected chi connectivity index (χ3v) is 7.26. The first-order chi connectivity index (χ1) is 16.7. The molecular weight excluding hydrogens is 432 g/mol. The Morgan fingerprint density at radius 1 is 1.00 bits per heavy atom. The number of ether oxygens (including phenoxy) is 2. The Morgan fingerprint density at radius 2 is 1.79 bits per heavy atom. The van der Waals surface area contributed by atoms with Gasteiger partial charge in [0.15, 0.2) is 0 Å². The fourth-order valence-electron chi connectivity index (χ4n) is 4.93. The van der Waals surface area contributed by atoms with Gasteiger partial charge in [-0.05, 0) is 68.7 Å². The Morgan fingerprint density at radius 3 is 2.47 bits per heavy atom. The molecule has 1 aromatic heterocycles. The molecule has 1 atom stereocenters. The zero-order chi connectivity index (χ0) is 23.3. The molecule has 0 spiro atoms. The monoisotopic (exact) mass is 466 g/mol. The lowest BCUT2D eigenvalue weighted by Gasteiger charge is -2.33. The maximum absolute atomic E-state index is 13.3. The predicted molar refractivity (Wildman–Crippen MR) is 128 cm³/mol. The van der Waals surface area contributed by atoms with E-state index in [0.717, 1.165) is 44.5 Å². The molecule has 34 heavy (non-hydrogen) atoms. The number of hydrogen-bond donors (Lipinski definition) is 1. The van der Waals surface area contributed by atoms with Gasteiger partial charge in [-0.2, -0.15) is 5.10 Å². The average molecular weight is 467 g/mol. The van der Waals surface area contributed by atoms with Gasteiger partial charge in [0.05, 0.1) is 29.9 Å². The topological polar surface area (TPSA) is 85.7 Å². The molecule has 5 rings (SSSR count). The minimum absolute atomic E-state index is 0.0140. The summed E-state index contributed by atoms with van der Waals surface area (Å²) in [4.78, 5) is 27.8. The molecule has 8 heteroatoms. The Hall–Kier alpha value is -2.71. The van der Waals surface area contributed by atoms with Crippen LogP contribution >= 0.6 is 0 Å². The molecule has 3 aliphatic rings. The highest BCUT2D eigenvalue weighted by Gasteiger charge is 2.28. The van der Waals surface area contributed by atoms with E-state index in [1.807, 2.05) is 29.2 Å². The van der Waals surface area contributed by atoms with Crippen LogP contribution in [0.25, 0.3) is 5.69 Å². The van der Waals surface area contributed by atoms with Crippen molar-refractivity contribution in [2.24, 2.45) is 11.8 Å². The van der Waals surface area contributed by atoms with Gasteiger partial charge in [-0.15, -0.1) is 0 Å². The number of nitrogens with one attached hydrogen (secondary N) is 1.